The van der Waals surface area contributed by atoms with Crippen LogP contribution in [0.1, 0.15) is 19.3 Å². The van der Waals surface area contributed by atoms with Gasteiger partial charge in [0.2, 0.25) is 5.91 Å². The van der Waals surface area contributed by atoms with Crippen molar-refractivity contribution in [2.75, 3.05) is 39.4 Å². The average molecular weight is 416 g/mol. The lowest BCUT2D eigenvalue weighted by Gasteiger charge is -2.27. The number of aliphatic hydroxyl groups is 1. The molecular formula is C23H29FN2O4. The number of nitrogens with zero attached hydrogens (tertiary/aromatic N) is 1. The quantitative estimate of drug-likeness (QED) is 0.615. The number of likely N-dealkylation sites (tertiary alicyclic amines) is 1. The molecule has 6 nitrogen and oxygen atoms in total. The first kappa shape index (κ1) is 22.1. The number of halogens is 1. The summed E-state index contributed by atoms with van der Waals surface area (Å²) in [5.41, 5.74) is -1.03. The van der Waals surface area contributed by atoms with E-state index < -0.39 is 11.4 Å². The molecule has 2 aromatic carbocycles. The van der Waals surface area contributed by atoms with Crippen LogP contribution in [0.5, 0.6) is 11.5 Å². The Hall–Kier alpha value is -2.64. The highest BCUT2D eigenvalue weighted by atomic mass is 19.1. The number of carbonyl (C=O) groups excluding carboxylic acids is 1. The lowest BCUT2D eigenvalue weighted by molar-refractivity contribution is -0.122. The second-order valence-corrected chi connectivity index (χ2v) is 7.58. The van der Waals surface area contributed by atoms with Crippen molar-refractivity contribution in [3.63, 3.8) is 0 Å². The van der Waals surface area contributed by atoms with Crippen molar-refractivity contribution in [1.82, 2.24) is 10.2 Å². The highest BCUT2D eigenvalue weighted by Gasteiger charge is 2.31. The van der Waals surface area contributed by atoms with Crippen LogP contribution in [-0.2, 0) is 4.79 Å². The van der Waals surface area contributed by atoms with E-state index in [2.05, 4.69) is 5.32 Å². The molecule has 1 aliphatic heterocycles. The maximum absolute atomic E-state index is 13.7. The Kier molecular flexibility index (Phi) is 8.04. The molecular weight excluding hydrogens is 387 g/mol. The fraction of sp³-hybridized carbons (Fsp3) is 0.435. The number of hydrogen-bond acceptors (Lipinski definition) is 5. The van der Waals surface area contributed by atoms with Crippen molar-refractivity contribution in [1.29, 1.82) is 0 Å². The summed E-state index contributed by atoms with van der Waals surface area (Å²) in [5.74, 6) is 0.407. The maximum Gasteiger partial charge on any atom is 0.234 e. The molecule has 0 saturated carbocycles. The van der Waals surface area contributed by atoms with Crippen molar-refractivity contribution >= 4 is 5.91 Å². The molecule has 1 aliphatic rings. The predicted molar refractivity (Wildman–Crippen MR) is 112 cm³/mol. The summed E-state index contributed by atoms with van der Waals surface area (Å²) in [6.07, 6.45) is 1.75. The molecule has 7 heteroatoms. The largest absolute Gasteiger partial charge is 0.492 e. The number of amides is 1. The van der Waals surface area contributed by atoms with Gasteiger partial charge in [-0.2, -0.15) is 0 Å². The van der Waals surface area contributed by atoms with Gasteiger partial charge in [-0.15, -0.1) is 0 Å². The molecule has 0 spiro atoms. The van der Waals surface area contributed by atoms with Crippen molar-refractivity contribution in [3.8, 4) is 11.5 Å². The second kappa shape index (κ2) is 10.9. The Morgan fingerprint density at radius 3 is 2.63 bits per heavy atom. The van der Waals surface area contributed by atoms with E-state index in [1.54, 1.807) is 18.2 Å². The van der Waals surface area contributed by atoms with Gasteiger partial charge in [-0.25, -0.2) is 4.39 Å². The van der Waals surface area contributed by atoms with Gasteiger partial charge >= 0.3 is 0 Å². The Bertz CT molecular complexity index is 805. The lowest BCUT2D eigenvalue weighted by Crippen LogP contribution is -2.41. The smallest absolute Gasteiger partial charge is 0.234 e. The van der Waals surface area contributed by atoms with E-state index >= 15 is 0 Å². The third kappa shape index (κ3) is 7.00. The minimum Gasteiger partial charge on any atom is -0.492 e. The van der Waals surface area contributed by atoms with E-state index in [1.165, 1.54) is 6.07 Å². The van der Waals surface area contributed by atoms with Crippen LogP contribution in [0.4, 0.5) is 4.39 Å². The number of rotatable bonds is 9. The average Bonchev–Trinajstić information content (AvgIpc) is 2.93. The van der Waals surface area contributed by atoms with E-state index in [9.17, 15) is 14.3 Å². The molecule has 0 aromatic heterocycles. The van der Waals surface area contributed by atoms with Gasteiger partial charge in [-0.3, -0.25) is 9.69 Å². The zero-order valence-electron chi connectivity index (χ0n) is 17.1. The molecule has 162 valence electrons. The van der Waals surface area contributed by atoms with Crippen LogP contribution in [0.25, 0.3) is 0 Å². The van der Waals surface area contributed by atoms with E-state index in [0.717, 1.165) is 18.7 Å². The second-order valence-electron chi connectivity index (χ2n) is 7.58. The molecule has 0 aliphatic carbocycles. The highest BCUT2D eigenvalue weighted by Crippen LogP contribution is 2.25. The number of para-hydroxylation sites is 2. The van der Waals surface area contributed by atoms with Gasteiger partial charge < -0.3 is 19.9 Å². The molecule has 2 N–H and O–H groups in total. The van der Waals surface area contributed by atoms with Crippen molar-refractivity contribution < 1.29 is 23.8 Å². The van der Waals surface area contributed by atoms with Crippen molar-refractivity contribution in [2.24, 2.45) is 0 Å². The Morgan fingerprint density at radius 2 is 1.83 bits per heavy atom. The molecule has 1 saturated heterocycles. The molecule has 1 atom stereocenters. The molecule has 30 heavy (non-hydrogen) atoms. The van der Waals surface area contributed by atoms with Crippen LogP contribution in [0.15, 0.2) is 54.6 Å². The number of hydrogen-bond donors (Lipinski definition) is 2. The predicted octanol–water partition coefficient (Wildman–Crippen LogP) is 2.62. The molecule has 1 heterocycles. The Labute approximate surface area is 176 Å². The third-order valence-corrected chi connectivity index (χ3v) is 5.15. The van der Waals surface area contributed by atoms with E-state index in [4.69, 9.17) is 9.47 Å². The van der Waals surface area contributed by atoms with Crippen LogP contribution in [-0.4, -0.2) is 60.9 Å². The molecule has 2 aromatic rings. The van der Waals surface area contributed by atoms with Gasteiger partial charge in [0.05, 0.1) is 18.7 Å². The maximum atomic E-state index is 13.7. The Balaban J connectivity index is 1.36. The minimum absolute atomic E-state index is 0.0325. The summed E-state index contributed by atoms with van der Waals surface area (Å²) in [6.45, 7) is 2.44. The monoisotopic (exact) mass is 416 g/mol. The van der Waals surface area contributed by atoms with Gasteiger partial charge in [0, 0.05) is 6.54 Å². The fourth-order valence-electron chi connectivity index (χ4n) is 3.45. The molecule has 3 rings (SSSR count). The van der Waals surface area contributed by atoms with Crippen molar-refractivity contribution in [2.45, 2.75) is 24.9 Å². The van der Waals surface area contributed by atoms with Crippen LogP contribution < -0.4 is 14.8 Å². The molecule has 1 fully saturated rings. The normalized spacial score (nSPS) is 19.7. The zero-order valence-corrected chi connectivity index (χ0v) is 17.1. The molecule has 0 bridgehead atoms. The van der Waals surface area contributed by atoms with Crippen LogP contribution in [0, 0.1) is 5.82 Å². The van der Waals surface area contributed by atoms with Crippen LogP contribution in [0.3, 0.4) is 0 Å². The summed E-state index contributed by atoms with van der Waals surface area (Å²) in [4.78, 5) is 14.2. The van der Waals surface area contributed by atoms with Gasteiger partial charge in [-0.1, -0.05) is 30.3 Å². The van der Waals surface area contributed by atoms with Gasteiger partial charge in [0.25, 0.3) is 0 Å². The summed E-state index contributed by atoms with van der Waals surface area (Å²) in [5, 5.41) is 13.7. The van der Waals surface area contributed by atoms with E-state index in [0.29, 0.717) is 32.5 Å². The summed E-state index contributed by atoms with van der Waals surface area (Å²) in [6, 6.07) is 15.6. The van der Waals surface area contributed by atoms with Crippen molar-refractivity contribution in [3.05, 3.63) is 60.4 Å². The number of ether oxygens (including phenoxy) is 2. The van der Waals surface area contributed by atoms with Gasteiger partial charge in [-0.05, 0) is 50.1 Å². The SMILES string of the molecule is O=C(CN1CCC[C@@](O)(COc2ccccc2F)CC1)NCCOc1ccccc1. The molecule has 0 unspecified atom stereocenters. The zero-order chi connectivity index (χ0) is 21.2. The number of carbonyl (C=O) groups is 1. The minimum atomic E-state index is -1.03. The number of benzene rings is 2. The van der Waals surface area contributed by atoms with Crippen LogP contribution >= 0.6 is 0 Å². The highest BCUT2D eigenvalue weighted by molar-refractivity contribution is 5.78. The van der Waals surface area contributed by atoms with E-state index in [1.807, 2.05) is 35.2 Å². The van der Waals surface area contributed by atoms with Crippen LogP contribution in [0.2, 0.25) is 0 Å². The van der Waals surface area contributed by atoms with Gasteiger partial charge in [0.1, 0.15) is 19.0 Å². The standard InChI is InChI=1S/C23H29FN2O4/c24-20-9-4-5-10-21(20)30-18-23(28)11-6-14-26(15-12-23)17-22(27)25-13-16-29-19-7-2-1-3-8-19/h1-5,7-10,28H,6,11-18H2,(H,25,27)/t23-/m0/s1. The molecule has 1 amide bonds. The lowest BCUT2D eigenvalue weighted by atomic mass is 9.96. The third-order valence-electron chi connectivity index (χ3n) is 5.15. The molecule has 0 radical (unpaired) electrons. The summed E-state index contributed by atoms with van der Waals surface area (Å²) < 4.78 is 24.8. The summed E-state index contributed by atoms with van der Waals surface area (Å²) >= 11 is 0. The first-order valence-corrected chi connectivity index (χ1v) is 10.3. The summed E-state index contributed by atoms with van der Waals surface area (Å²) in [7, 11) is 0. The number of nitrogens with one attached hydrogen (secondary N) is 1. The van der Waals surface area contributed by atoms with Gasteiger partial charge in [0.15, 0.2) is 11.6 Å². The topological polar surface area (TPSA) is 71.0 Å². The fourth-order valence-corrected chi connectivity index (χ4v) is 3.45. The Morgan fingerprint density at radius 1 is 1.07 bits per heavy atom. The first-order valence-electron chi connectivity index (χ1n) is 10.3. The first-order chi connectivity index (χ1) is 14.5. The van der Waals surface area contributed by atoms with E-state index in [-0.39, 0.29) is 24.8 Å².